The monoisotopic (exact) mass is 223 g/mol. The number of likely N-dealkylation sites (tertiary alicyclic amines) is 1. The lowest BCUT2D eigenvalue weighted by atomic mass is 9.70. The highest BCUT2D eigenvalue weighted by molar-refractivity contribution is 5.87. The van der Waals surface area contributed by atoms with Crippen molar-refractivity contribution >= 4 is 11.9 Å². The zero-order chi connectivity index (χ0) is 11.8. The van der Waals surface area contributed by atoms with Crippen molar-refractivity contribution in [2.75, 3.05) is 6.54 Å². The molecule has 0 aromatic rings. The van der Waals surface area contributed by atoms with Gasteiger partial charge in [-0.2, -0.15) is 0 Å². The number of carbonyl (C=O) groups is 2. The third-order valence-electron chi connectivity index (χ3n) is 3.72. The first-order chi connectivity index (χ1) is 7.62. The molecule has 4 nitrogen and oxygen atoms in total. The van der Waals surface area contributed by atoms with Crippen molar-refractivity contribution in [3.05, 3.63) is 11.8 Å². The standard InChI is InChI=1S/C12H17NO3/c1-2-13-9-5-3-4-7-12(9,11(15)16)8-6-10(13)14/h5H,2-4,6-8H2,1H3,(H,15,16)/t12-/m0/s1. The van der Waals surface area contributed by atoms with Crippen molar-refractivity contribution in [2.45, 2.75) is 39.0 Å². The first-order valence-corrected chi connectivity index (χ1v) is 5.86. The zero-order valence-corrected chi connectivity index (χ0v) is 9.53. The summed E-state index contributed by atoms with van der Waals surface area (Å²) in [6.07, 6.45) is 5.22. The van der Waals surface area contributed by atoms with Gasteiger partial charge in [-0.05, 0) is 32.6 Å². The number of rotatable bonds is 2. The summed E-state index contributed by atoms with van der Waals surface area (Å²) in [7, 11) is 0. The summed E-state index contributed by atoms with van der Waals surface area (Å²) < 4.78 is 0. The van der Waals surface area contributed by atoms with Crippen molar-refractivity contribution in [3.63, 3.8) is 0 Å². The highest BCUT2D eigenvalue weighted by Crippen LogP contribution is 2.46. The first-order valence-electron chi connectivity index (χ1n) is 5.86. The van der Waals surface area contributed by atoms with Crippen LogP contribution in [0.2, 0.25) is 0 Å². The molecule has 0 saturated carbocycles. The van der Waals surface area contributed by atoms with Crippen LogP contribution in [-0.4, -0.2) is 28.4 Å². The van der Waals surface area contributed by atoms with Crippen LogP contribution < -0.4 is 0 Å². The number of amides is 1. The molecule has 2 aliphatic rings. The largest absolute Gasteiger partial charge is 0.481 e. The Kier molecular flexibility index (Phi) is 2.74. The Hall–Kier alpha value is -1.32. The number of piperidine rings is 1. The summed E-state index contributed by atoms with van der Waals surface area (Å²) in [6.45, 7) is 2.46. The Balaban J connectivity index is 2.43. The van der Waals surface area contributed by atoms with Crippen molar-refractivity contribution in [3.8, 4) is 0 Å². The number of allylic oxidation sites excluding steroid dienone is 1. The van der Waals surface area contributed by atoms with E-state index in [9.17, 15) is 14.7 Å². The van der Waals surface area contributed by atoms with Gasteiger partial charge in [0.25, 0.3) is 0 Å². The van der Waals surface area contributed by atoms with Crippen molar-refractivity contribution < 1.29 is 14.7 Å². The van der Waals surface area contributed by atoms with Crippen LogP contribution in [0.25, 0.3) is 0 Å². The van der Waals surface area contributed by atoms with Gasteiger partial charge in [0.1, 0.15) is 5.41 Å². The summed E-state index contributed by atoms with van der Waals surface area (Å²) >= 11 is 0. The molecule has 1 saturated heterocycles. The molecule has 16 heavy (non-hydrogen) atoms. The van der Waals surface area contributed by atoms with Gasteiger partial charge in [0.2, 0.25) is 5.91 Å². The van der Waals surface area contributed by atoms with Crippen LogP contribution >= 0.6 is 0 Å². The lowest BCUT2D eigenvalue weighted by molar-refractivity contribution is -0.153. The number of carboxylic acids is 1. The second kappa shape index (κ2) is 3.92. The maximum absolute atomic E-state index is 11.7. The third-order valence-corrected chi connectivity index (χ3v) is 3.72. The maximum atomic E-state index is 11.7. The third kappa shape index (κ3) is 1.44. The Labute approximate surface area is 94.9 Å². The minimum Gasteiger partial charge on any atom is -0.481 e. The molecule has 1 aliphatic heterocycles. The Morgan fingerprint density at radius 3 is 2.94 bits per heavy atom. The van der Waals surface area contributed by atoms with Gasteiger partial charge in [-0.3, -0.25) is 9.59 Å². The van der Waals surface area contributed by atoms with E-state index in [1.54, 1.807) is 4.90 Å². The lowest BCUT2D eigenvalue weighted by Gasteiger charge is -2.44. The topological polar surface area (TPSA) is 57.6 Å². The van der Waals surface area contributed by atoms with Crippen LogP contribution in [0.4, 0.5) is 0 Å². The van der Waals surface area contributed by atoms with Gasteiger partial charge in [0.15, 0.2) is 0 Å². The number of hydrogen-bond donors (Lipinski definition) is 1. The molecule has 1 aliphatic carbocycles. The van der Waals surface area contributed by atoms with E-state index in [4.69, 9.17) is 0 Å². The van der Waals surface area contributed by atoms with Crippen LogP contribution in [-0.2, 0) is 9.59 Å². The van der Waals surface area contributed by atoms with Crippen LogP contribution in [0.15, 0.2) is 11.8 Å². The number of carbonyl (C=O) groups excluding carboxylic acids is 1. The van der Waals surface area contributed by atoms with Gasteiger partial charge in [-0.1, -0.05) is 6.08 Å². The molecule has 1 fully saturated rings. The molecule has 1 atom stereocenters. The van der Waals surface area contributed by atoms with Gasteiger partial charge >= 0.3 is 5.97 Å². The van der Waals surface area contributed by atoms with Crippen LogP contribution in [0.1, 0.15) is 39.0 Å². The van der Waals surface area contributed by atoms with E-state index in [1.165, 1.54) is 0 Å². The predicted molar refractivity (Wildman–Crippen MR) is 58.6 cm³/mol. The van der Waals surface area contributed by atoms with Crippen LogP contribution in [0.5, 0.6) is 0 Å². The van der Waals surface area contributed by atoms with E-state index < -0.39 is 11.4 Å². The number of hydrogen-bond acceptors (Lipinski definition) is 2. The molecule has 0 bridgehead atoms. The average Bonchev–Trinajstić information content (AvgIpc) is 2.29. The fourth-order valence-corrected chi connectivity index (χ4v) is 2.85. The predicted octanol–water partition coefficient (Wildman–Crippen LogP) is 1.77. The van der Waals surface area contributed by atoms with E-state index >= 15 is 0 Å². The highest BCUT2D eigenvalue weighted by Gasteiger charge is 2.49. The van der Waals surface area contributed by atoms with E-state index in [-0.39, 0.29) is 5.91 Å². The smallest absolute Gasteiger partial charge is 0.315 e. The molecule has 88 valence electrons. The Bertz CT molecular complexity index is 361. The molecule has 0 unspecified atom stereocenters. The van der Waals surface area contributed by atoms with Crippen LogP contribution in [0, 0.1) is 5.41 Å². The van der Waals surface area contributed by atoms with Crippen molar-refractivity contribution in [1.29, 1.82) is 0 Å². The second-order valence-corrected chi connectivity index (χ2v) is 4.51. The molecule has 1 N–H and O–H groups in total. The first kappa shape index (κ1) is 11.2. The minimum absolute atomic E-state index is 0.0625. The number of nitrogens with zero attached hydrogens (tertiary/aromatic N) is 1. The van der Waals surface area contributed by atoms with Crippen molar-refractivity contribution in [1.82, 2.24) is 4.90 Å². The lowest BCUT2D eigenvalue weighted by Crippen LogP contribution is -2.49. The van der Waals surface area contributed by atoms with Gasteiger partial charge in [-0.15, -0.1) is 0 Å². The molecule has 4 heteroatoms. The second-order valence-electron chi connectivity index (χ2n) is 4.51. The number of carboxylic acid groups (broad SMARTS) is 1. The average molecular weight is 223 g/mol. The quantitative estimate of drug-likeness (QED) is 0.776. The number of aliphatic carboxylic acids is 1. The molecule has 0 aromatic carbocycles. The molecule has 0 spiro atoms. The molecule has 2 rings (SSSR count). The molecule has 0 radical (unpaired) electrons. The van der Waals surface area contributed by atoms with E-state index in [0.717, 1.165) is 18.5 Å². The summed E-state index contributed by atoms with van der Waals surface area (Å²) in [5.41, 5.74) is -0.0488. The summed E-state index contributed by atoms with van der Waals surface area (Å²) in [5.74, 6) is -0.711. The van der Waals surface area contributed by atoms with E-state index in [2.05, 4.69) is 0 Å². The maximum Gasteiger partial charge on any atom is 0.315 e. The summed E-state index contributed by atoms with van der Waals surface area (Å²) in [4.78, 5) is 24.9. The zero-order valence-electron chi connectivity index (χ0n) is 9.53. The molecule has 0 aromatic heterocycles. The van der Waals surface area contributed by atoms with E-state index in [0.29, 0.717) is 25.8 Å². The van der Waals surface area contributed by atoms with Gasteiger partial charge < -0.3 is 10.0 Å². The Morgan fingerprint density at radius 1 is 1.56 bits per heavy atom. The number of fused-ring (bicyclic) bond motifs is 1. The molecule has 1 heterocycles. The summed E-state index contributed by atoms with van der Waals surface area (Å²) in [5, 5.41) is 9.44. The normalized spacial score (nSPS) is 29.7. The molecule has 1 amide bonds. The van der Waals surface area contributed by atoms with Gasteiger partial charge in [0, 0.05) is 18.7 Å². The van der Waals surface area contributed by atoms with Crippen molar-refractivity contribution in [2.24, 2.45) is 5.41 Å². The fraction of sp³-hybridized carbons (Fsp3) is 0.667. The minimum atomic E-state index is -0.790. The molecular formula is C12H17NO3. The van der Waals surface area contributed by atoms with E-state index in [1.807, 2.05) is 13.0 Å². The highest BCUT2D eigenvalue weighted by atomic mass is 16.4. The van der Waals surface area contributed by atoms with Crippen LogP contribution in [0.3, 0.4) is 0 Å². The molecular weight excluding hydrogens is 206 g/mol. The SMILES string of the molecule is CCN1C(=O)CC[C@@]2(C(=O)O)CCCC=C12. The summed E-state index contributed by atoms with van der Waals surface area (Å²) in [6, 6.07) is 0. The fourth-order valence-electron chi connectivity index (χ4n) is 2.85. The van der Waals surface area contributed by atoms with Gasteiger partial charge in [-0.25, -0.2) is 0 Å². The van der Waals surface area contributed by atoms with Gasteiger partial charge in [0.05, 0.1) is 0 Å². The Morgan fingerprint density at radius 2 is 2.31 bits per heavy atom.